The molecule has 0 spiro atoms. The van der Waals surface area contributed by atoms with Crippen molar-refractivity contribution >= 4 is 27.8 Å². The van der Waals surface area contributed by atoms with E-state index in [4.69, 9.17) is 10.2 Å². The average Bonchev–Trinajstić information content (AvgIpc) is 2.25. The van der Waals surface area contributed by atoms with Crippen LogP contribution in [-0.4, -0.2) is 34.7 Å². The van der Waals surface area contributed by atoms with E-state index in [0.29, 0.717) is 5.56 Å². The number of hydrogen-bond acceptors (Lipinski definition) is 3. The molecule has 0 unspecified atom stereocenters. The van der Waals surface area contributed by atoms with Crippen LogP contribution < -0.4 is 5.32 Å². The van der Waals surface area contributed by atoms with Gasteiger partial charge in [0.25, 0.3) is 5.91 Å². The fraction of sp³-hybridized carbons (Fsp3) is 0.200. The zero-order chi connectivity index (χ0) is 12.1. The molecule has 3 N–H and O–H groups in total. The van der Waals surface area contributed by atoms with E-state index in [1.54, 1.807) is 24.3 Å². The van der Waals surface area contributed by atoms with E-state index in [1.165, 1.54) is 0 Å². The summed E-state index contributed by atoms with van der Waals surface area (Å²) in [6, 6.07) is 5.24. The lowest BCUT2D eigenvalue weighted by atomic mass is 10.2. The van der Waals surface area contributed by atoms with Gasteiger partial charge in [0.15, 0.2) is 6.04 Å². The average molecular weight is 288 g/mol. The van der Waals surface area contributed by atoms with Gasteiger partial charge in [-0.1, -0.05) is 22.0 Å². The van der Waals surface area contributed by atoms with Gasteiger partial charge < -0.3 is 15.5 Å². The number of carboxylic acids is 1. The van der Waals surface area contributed by atoms with Gasteiger partial charge in [-0.2, -0.15) is 0 Å². The van der Waals surface area contributed by atoms with Crippen LogP contribution in [0.25, 0.3) is 0 Å². The molecule has 5 nitrogen and oxygen atoms in total. The molecule has 1 atom stereocenters. The summed E-state index contributed by atoms with van der Waals surface area (Å²) in [5, 5.41) is 19.6. The first-order valence-corrected chi connectivity index (χ1v) is 5.24. The molecular weight excluding hydrogens is 278 g/mol. The second-order valence-corrected chi connectivity index (χ2v) is 3.97. The number of hydrogen-bond donors (Lipinski definition) is 3. The van der Waals surface area contributed by atoms with E-state index < -0.39 is 24.5 Å². The predicted octanol–water partition coefficient (Wildman–Crippen LogP) is 0.624. The lowest BCUT2D eigenvalue weighted by Crippen LogP contribution is -2.43. The zero-order valence-corrected chi connectivity index (χ0v) is 9.77. The maximum Gasteiger partial charge on any atom is 0.328 e. The lowest BCUT2D eigenvalue weighted by Gasteiger charge is -2.11. The van der Waals surface area contributed by atoms with E-state index in [1.807, 2.05) is 0 Å². The Morgan fingerprint density at radius 2 is 2.12 bits per heavy atom. The maximum atomic E-state index is 11.6. The fourth-order valence-electron chi connectivity index (χ4n) is 1.06. The molecule has 0 fully saturated rings. The van der Waals surface area contributed by atoms with Gasteiger partial charge in [0.05, 0.1) is 6.61 Å². The van der Waals surface area contributed by atoms with Gasteiger partial charge in [0, 0.05) is 10.0 Å². The number of benzene rings is 1. The quantitative estimate of drug-likeness (QED) is 0.758. The van der Waals surface area contributed by atoms with Crippen LogP contribution in [0, 0.1) is 0 Å². The van der Waals surface area contributed by atoms with Crippen LogP contribution in [0.2, 0.25) is 0 Å². The summed E-state index contributed by atoms with van der Waals surface area (Å²) in [6.07, 6.45) is 0. The molecule has 1 aromatic carbocycles. The van der Waals surface area contributed by atoms with Crippen LogP contribution in [0.15, 0.2) is 28.7 Å². The number of aliphatic carboxylic acids is 1. The van der Waals surface area contributed by atoms with Gasteiger partial charge in [-0.25, -0.2) is 4.79 Å². The largest absolute Gasteiger partial charge is 0.480 e. The third kappa shape index (κ3) is 3.32. The molecule has 0 radical (unpaired) electrons. The number of carbonyl (C=O) groups is 2. The van der Waals surface area contributed by atoms with Gasteiger partial charge >= 0.3 is 5.97 Å². The summed E-state index contributed by atoms with van der Waals surface area (Å²) in [7, 11) is 0. The Balaban J connectivity index is 2.75. The van der Waals surface area contributed by atoms with Crippen LogP contribution in [0.4, 0.5) is 0 Å². The van der Waals surface area contributed by atoms with Crippen molar-refractivity contribution in [2.45, 2.75) is 6.04 Å². The molecule has 0 heterocycles. The highest BCUT2D eigenvalue weighted by Gasteiger charge is 2.19. The lowest BCUT2D eigenvalue weighted by molar-refractivity contribution is -0.140. The number of nitrogens with one attached hydrogen (secondary N) is 1. The minimum Gasteiger partial charge on any atom is -0.480 e. The fourth-order valence-corrected chi connectivity index (χ4v) is 1.46. The number of carboxylic acid groups (broad SMARTS) is 1. The predicted molar refractivity (Wildman–Crippen MR) is 60.1 cm³/mol. The highest BCUT2D eigenvalue weighted by Crippen LogP contribution is 2.11. The van der Waals surface area contributed by atoms with Gasteiger partial charge in [0.1, 0.15) is 0 Å². The Bertz CT molecular complexity index is 408. The normalized spacial score (nSPS) is 11.9. The Morgan fingerprint density at radius 3 is 2.62 bits per heavy atom. The molecular formula is C10H10BrNO4. The molecule has 0 aromatic heterocycles. The molecule has 0 saturated heterocycles. The van der Waals surface area contributed by atoms with Gasteiger partial charge in [-0.3, -0.25) is 4.79 Å². The smallest absolute Gasteiger partial charge is 0.328 e. The van der Waals surface area contributed by atoms with Crippen LogP contribution in [0.1, 0.15) is 10.4 Å². The highest BCUT2D eigenvalue weighted by atomic mass is 79.9. The van der Waals surface area contributed by atoms with E-state index >= 15 is 0 Å². The van der Waals surface area contributed by atoms with Crippen molar-refractivity contribution in [1.29, 1.82) is 0 Å². The molecule has 0 bridgehead atoms. The number of aliphatic hydroxyl groups excluding tert-OH is 1. The summed E-state index contributed by atoms with van der Waals surface area (Å²) in [5.41, 5.74) is 0.328. The molecule has 1 aromatic rings. The van der Waals surface area contributed by atoms with Crippen molar-refractivity contribution in [2.75, 3.05) is 6.61 Å². The van der Waals surface area contributed by atoms with Gasteiger partial charge in [-0.05, 0) is 18.2 Å². The molecule has 0 aliphatic heterocycles. The number of amides is 1. The first-order chi connectivity index (χ1) is 7.54. The second-order valence-electron chi connectivity index (χ2n) is 3.06. The maximum absolute atomic E-state index is 11.6. The van der Waals surface area contributed by atoms with Crippen LogP contribution in [0.5, 0.6) is 0 Å². The molecule has 1 rings (SSSR count). The molecule has 16 heavy (non-hydrogen) atoms. The van der Waals surface area contributed by atoms with E-state index in [-0.39, 0.29) is 0 Å². The van der Waals surface area contributed by atoms with Gasteiger partial charge in [-0.15, -0.1) is 0 Å². The molecule has 0 aliphatic rings. The zero-order valence-electron chi connectivity index (χ0n) is 8.18. The molecule has 0 saturated carbocycles. The Morgan fingerprint density at radius 1 is 1.44 bits per heavy atom. The summed E-state index contributed by atoms with van der Waals surface area (Å²) in [6.45, 7) is -0.644. The minimum absolute atomic E-state index is 0.328. The van der Waals surface area contributed by atoms with Crippen LogP contribution in [-0.2, 0) is 4.79 Å². The van der Waals surface area contributed by atoms with Gasteiger partial charge in [0.2, 0.25) is 0 Å². The molecule has 86 valence electrons. The Kier molecular flexibility index (Phi) is 4.45. The van der Waals surface area contributed by atoms with Crippen molar-refractivity contribution in [3.05, 3.63) is 34.3 Å². The summed E-state index contributed by atoms with van der Waals surface area (Å²) in [4.78, 5) is 22.1. The topological polar surface area (TPSA) is 86.6 Å². The number of halogens is 1. The van der Waals surface area contributed by atoms with Crippen molar-refractivity contribution < 1.29 is 19.8 Å². The molecule has 0 aliphatic carbocycles. The van der Waals surface area contributed by atoms with Crippen molar-refractivity contribution in [3.63, 3.8) is 0 Å². The standard InChI is InChI=1S/C10H10BrNO4/c11-7-3-1-2-6(4-7)9(14)12-8(5-13)10(15)16/h1-4,8,13H,5H2,(H,12,14)(H,15,16)/t8-/m1/s1. The summed E-state index contributed by atoms with van der Waals surface area (Å²) >= 11 is 3.20. The third-order valence-corrected chi connectivity index (χ3v) is 2.37. The number of carbonyl (C=O) groups excluding carboxylic acids is 1. The second kappa shape index (κ2) is 5.62. The summed E-state index contributed by atoms with van der Waals surface area (Å²) < 4.78 is 0.719. The van der Waals surface area contributed by atoms with Crippen molar-refractivity contribution in [3.8, 4) is 0 Å². The van der Waals surface area contributed by atoms with E-state index in [9.17, 15) is 9.59 Å². The van der Waals surface area contributed by atoms with Crippen LogP contribution >= 0.6 is 15.9 Å². The number of aliphatic hydroxyl groups is 1. The monoisotopic (exact) mass is 287 g/mol. The third-order valence-electron chi connectivity index (χ3n) is 1.87. The SMILES string of the molecule is O=C(N[C@H](CO)C(=O)O)c1cccc(Br)c1. The molecule has 1 amide bonds. The Hall–Kier alpha value is -1.40. The number of rotatable bonds is 4. The Labute approximate surface area is 100 Å². The minimum atomic E-state index is -1.29. The highest BCUT2D eigenvalue weighted by molar-refractivity contribution is 9.10. The van der Waals surface area contributed by atoms with Crippen molar-refractivity contribution in [1.82, 2.24) is 5.32 Å². The molecule has 6 heteroatoms. The first-order valence-electron chi connectivity index (χ1n) is 4.44. The summed E-state index contributed by atoms with van der Waals surface area (Å²) in [5.74, 6) is -1.81. The van der Waals surface area contributed by atoms with Crippen molar-refractivity contribution in [2.24, 2.45) is 0 Å². The first kappa shape index (κ1) is 12.7. The van der Waals surface area contributed by atoms with Crippen LogP contribution in [0.3, 0.4) is 0 Å². The van der Waals surface area contributed by atoms with E-state index in [0.717, 1.165) is 4.47 Å². The van der Waals surface area contributed by atoms with E-state index in [2.05, 4.69) is 21.2 Å².